The summed E-state index contributed by atoms with van der Waals surface area (Å²) >= 11 is 1.37. The largest absolute Gasteiger partial charge is 0.481 e. The Morgan fingerprint density at radius 1 is 0.879 bits per heavy atom. The van der Waals surface area contributed by atoms with Crippen LogP contribution in [0, 0.1) is 0 Å². The molecule has 0 spiro atoms. The van der Waals surface area contributed by atoms with E-state index in [9.17, 15) is 34.2 Å². The van der Waals surface area contributed by atoms with Crippen LogP contribution in [0.25, 0.3) is 0 Å². The van der Waals surface area contributed by atoms with E-state index in [4.69, 9.17) is 16.6 Å². The quantitative estimate of drug-likeness (QED) is 0.0993. The summed E-state index contributed by atoms with van der Waals surface area (Å²) in [7, 11) is 0. The van der Waals surface area contributed by atoms with Crippen LogP contribution in [0.3, 0.4) is 0 Å². The highest BCUT2D eigenvalue weighted by molar-refractivity contribution is 7.98. The van der Waals surface area contributed by atoms with Crippen LogP contribution in [0.4, 0.5) is 0 Å². The standard InChI is InChI=1S/C19H35N5O8S/c1-10(25)15(21)18(30)22-11(5-3-4-7-20)16(28)24-13(9-14(26)27)17(29)23-12(19(31)32)6-8-33-2/h10-13,15,25H,3-9,20-21H2,1-2H3,(H,22,30)(H,23,29)(H,24,28)(H,26,27)(H,31,32)/t10-,11+,12+,13+,15+/m1/s1. The minimum absolute atomic E-state index is 0.102. The van der Waals surface area contributed by atoms with Crippen molar-refractivity contribution < 1.29 is 39.3 Å². The predicted molar refractivity (Wildman–Crippen MR) is 121 cm³/mol. The molecule has 0 saturated carbocycles. The van der Waals surface area contributed by atoms with Gasteiger partial charge in [0.25, 0.3) is 0 Å². The van der Waals surface area contributed by atoms with Crippen LogP contribution in [0.15, 0.2) is 0 Å². The number of nitrogens with one attached hydrogen (secondary N) is 3. The maximum atomic E-state index is 12.8. The van der Waals surface area contributed by atoms with E-state index in [0.717, 1.165) is 0 Å². The van der Waals surface area contributed by atoms with Crippen molar-refractivity contribution in [2.24, 2.45) is 11.5 Å². The predicted octanol–water partition coefficient (Wildman–Crippen LogP) is -2.41. The smallest absolute Gasteiger partial charge is 0.326 e. The zero-order chi connectivity index (χ0) is 25.6. The molecule has 0 aliphatic heterocycles. The molecule has 0 aliphatic carbocycles. The molecule has 3 amide bonds. The van der Waals surface area contributed by atoms with Crippen molar-refractivity contribution in [3.63, 3.8) is 0 Å². The highest BCUT2D eigenvalue weighted by Crippen LogP contribution is 2.06. The van der Waals surface area contributed by atoms with Gasteiger partial charge in [-0.2, -0.15) is 11.8 Å². The lowest BCUT2D eigenvalue weighted by molar-refractivity contribution is -0.143. The lowest BCUT2D eigenvalue weighted by Crippen LogP contribution is -2.58. The minimum atomic E-state index is -1.58. The summed E-state index contributed by atoms with van der Waals surface area (Å²) in [6.07, 6.45) is 0.970. The third kappa shape index (κ3) is 12.4. The Kier molecular flexibility index (Phi) is 15.0. The number of carbonyl (C=O) groups excluding carboxylic acids is 3. The third-order valence-corrected chi connectivity index (χ3v) is 5.28. The van der Waals surface area contributed by atoms with Crippen LogP contribution in [0.2, 0.25) is 0 Å². The van der Waals surface area contributed by atoms with Gasteiger partial charge in [-0.15, -0.1) is 0 Å². The van der Waals surface area contributed by atoms with Crippen molar-refractivity contribution in [3.8, 4) is 0 Å². The molecule has 190 valence electrons. The van der Waals surface area contributed by atoms with E-state index < -0.39 is 66.4 Å². The molecule has 0 aromatic heterocycles. The van der Waals surface area contributed by atoms with Gasteiger partial charge in [-0.3, -0.25) is 19.2 Å². The number of rotatable bonds is 17. The highest BCUT2D eigenvalue weighted by Gasteiger charge is 2.31. The van der Waals surface area contributed by atoms with Crippen LogP contribution in [-0.4, -0.2) is 93.8 Å². The number of thioether (sulfide) groups is 1. The first-order valence-electron chi connectivity index (χ1n) is 10.4. The fourth-order valence-corrected chi connectivity index (χ4v) is 3.14. The first-order chi connectivity index (χ1) is 15.4. The second-order valence-corrected chi connectivity index (χ2v) is 8.44. The van der Waals surface area contributed by atoms with E-state index in [-0.39, 0.29) is 12.8 Å². The molecule has 0 aromatic carbocycles. The molecular formula is C19H35N5O8S. The molecule has 0 unspecified atom stereocenters. The lowest BCUT2D eigenvalue weighted by Gasteiger charge is -2.25. The van der Waals surface area contributed by atoms with Gasteiger partial charge in [0.15, 0.2) is 0 Å². The van der Waals surface area contributed by atoms with Crippen LogP contribution in [-0.2, 0) is 24.0 Å². The highest BCUT2D eigenvalue weighted by atomic mass is 32.2. The summed E-state index contributed by atoms with van der Waals surface area (Å²) in [5.41, 5.74) is 11.0. The van der Waals surface area contributed by atoms with Crippen LogP contribution in [0.1, 0.15) is 39.0 Å². The molecule has 10 N–H and O–H groups in total. The van der Waals surface area contributed by atoms with Gasteiger partial charge in [0, 0.05) is 0 Å². The number of aliphatic hydroxyl groups excluding tert-OH is 1. The Labute approximate surface area is 196 Å². The molecule has 0 rings (SSSR count). The van der Waals surface area contributed by atoms with Crippen molar-refractivity contribution in [2.45, 2.75) is 69.3 Å². The molecule has 33 heavy (non-hydrogen) atoms. The Balaban J connectivity index is 5.48. The van der Waals surface area contributed by atoms with E-state index in [1.165, 1.54) is 18.7 Å². The summed E-state index contributed by atoms with van der Waals surface area (Å²) in [5, 5.41) is 34.8. The van der Waals surface area contributed by atoms with Crippen LogP contribution >= 0.6 is 11.8 Å². The third-order valence-electron chi connectivity index (χ3n) is 4.64. The first kappa shape index (κ1) is 30.6. The van der Waals surface area contributed by atoms with Gasteiger partial charge in [0.1, 0.15) is 24.2 Å². The number of hydrogen-bond acceptors (Lipinski definition) is 9. The topological polar surface area (TPSA) is 234 Å². The Bertz CT molecular complexity index is 679. The van der Waals surface area contributed by atoms with Crippen LogP contribution < -0.4 is 27.4 Å². The number of aliphatic carboxylic acids is 2. The SMILES string of the molecule is CSCC[C@H](NC(=O)[C@H](CC(=O)O)NC(=O)[C@H](CCCCN)NC(=O)[C@@H](N)[C@@H](C)O)C(=O)O. The number of amides is 3. The van der Waals surface area contributed by atoms with Gasteiger partial charge in [-0.1, -0.05) is 0 Å². The second-order valence-electron chi connectivity index (χ2n) is 7.45. The van der Waals surface area contributed by atoms with Gasteiger partial charge in [0.2, 0.25) is 17.7 Å². The van der Waals surface area contributed by atoms with Gasteiger partial charge in [-0.25, -0.2) is 4.79 Å². The summed E-state index contributed by atoms with van der Waals surface area (Å²) in [6, 6.07) is -5.32. The molecule has 0 aliphatic rings. The monoisotopic (exact) mass is 493 g/mol. The van der Waals surface area contributed by atoms with Crippen molar-refractivity contribution in [1.29, 1.82) is 0 Å². The van der Waals surface area contributed by atoms with Gasteiger partial charge in [-0.05, 0) is 51.2 Å². The molecule has 0 radical (unpaired) electrons. The fourth-order valence-electron chi connectivity index (χ4n) is 2.67. The molecule has 14 heteroatoms. The summed E-state index contributed by atoms with van der Waals surface area (Å²) in [6.45, 7) is 1.64. The van der Waals surface area contributed by atoms with Crippen molar-refractivity contribution >= 4 is 41.4 Å². The fraction of sp³-hybridized carbons (Fsp3) is 0.737. The molecule has 5 atom stereocenters. The van der Waals surface area contributed by atoms with E-state index in [1.807, 2.05) is 0 Å². The summed E-state index contributed by atoms with van der Waals surface area (Å²) < 4.78 is 0. The first-order valence-corrected chi connectivity index (χ1v) is 11.8. The average molecular weight is 494 g/mol. The number of aliphatic hydroxyl groups is 1. The Morgan fingerprint density at radius 3 is 1.91 bits per heavy atom. The Morgan fingerprint density at radius 2 is 1.42 bits per heavy atom. The van der Waals surface area contributed by atoms with E-state index in [0.29, 0.717) is 25.1 Å². The van der Waals surface area contributed by atoms with Crippen LogP contribution in [0.5, 0.6) is 0 Å². The van der Waals surface area contributed by atoms with E-state index in [1.54, 1.807) is 6.26 Å². The summed E-state index contributed by atoms with van der Waals surface area (Å²) in [4.78, 5) is 60.2. The Hall–Kier alpha value is -2.42. The number of unbranched alkanes of at least 4 members (excludes halogenated alkanes) is 1. The van der Waals surface area contributed by atoms with Gasteiger partial charge >= 0.3 is 11.9 Å². The maximum absolute atomic E-state index is 12.8. The molecule has 0 aromatic rings. The molecule has 0 bridgehead atoms. The maximum Gasteiger partial charge on any atom is 0.326 e. The molecular weight excluding hydrogens is 458 g/mol. The summed E-state index contributed by atoms with van der Waals surface area (Å²) in [5.74, 6) is -4.89. The molecule has 0 heterocycles. The molecule has 13 nitrogen and oxygen atoms in total. The van der Waals surface area contributed by atoms with Gasteiger partial charge in [0.05, 0.1) is 12.5 Å². The van der Waals surface area contributed by atoms with Crippen molar-refractivity contribution in [1.82, 2.24) is 16.0 Å². The normalized spacial score (nSPS) is 15.4. The van der Waals surface area contributed by atoms with Crippen molar-refractivity contribution in [3.05, 3.63) is 0 Å². The molecule has 0 saturated heterocycles. The number of nitrogens with two attached hydrogens (primary N) is 2. The average Bonchev–Trinajstić information content (AvgIpc) is 2.73. The van der Waals surface area contributed by atoms with E-state index >= 15 is 0 Å². The number of carbonyl (C=O) groups is 5. The zero-order valence-corrected chi connectivity index (χ0v) is 19.6. The minimum Gasteiger partial charge on any atom is -0.481 e. The number of carboxylic acid groups (broad SMARTS) is 2. The van der Waals surface area contributed by atoms with E-state index in [2.05, 4.69) is 16.0 Å². The number of carboxylic acids is 2. The lowest BCUT2D eigenvalue weighted by atomic mass is 10.1. The second kappa shape index (κ2) is 16.2. The number of hydrogen-bond donors (Lipinski definition) is 8. The van der Waals surface area contributed by atoms with Gasteiger partial charge < -0.3 is 42.7 Å². The molecule has 0 fully saturated rings. The zero-order valence-electron chi connectivity index (χ0n) is 18.8. The van der Waals surface area contributed by atoms with Crippen molar-refractivity contribution in [2.75, 3.05) is 18.6 Å².